The average molecular weight is 294 g/mol. The Morgan fingerprint density at radius 3 is 2.75 bits per heavy atom. The van der Waals surface area contributed by atoms with Gasteiger partial charge in [-0.25, -0.2) is 0 Å². The molecule has 1 amide bonds. The van der Waals surface area contributed by atoms with Crippen LogP contribution in [0.1, 0.15) is 39.2 Å². The molecule has 0 spiro atoms. The smallest absolute Gasteiger partial charge is 0.242 e. The van der Waals surface area contributed by atoms with Gasteiger partial charge < -0.3 is 10.6 Å². The molecule has 4 nitrogen and oxygen atoms in total. The van der Waals surface area contributed by atoms with Gasteiger partial charge in [0.2, 0.25) is 5.91 Å². The van der Waals surface area contributed by atoms with Crippen LogP contribution in [0.5, 0.6) is 0 Å². The molecular weight excluding hydrogens is 274 g/mol. The first-order chi connectivity index (χ1) is 9.47. The van der Waals surface area contributed by atoms with Crippen LogP contribution in [0.15, 0.2) is 18.2 Å². The van der Waals surface area contributed by atoms with Gasteiger partial charge in [-0.1, -0.05) is 24.9 Å². The van der Waals surface area contributed by atoms with Crippen molar-refractivity contribution in [2.75, 3.05) is 5.32 Å². The number of nitriles is 1. The standard InChI is InChI=1S/C15H20ClN3O/c1-4-5-10(2)18-15(20)11(3)19-14-8-12(9-17)6-7-13(14)16/h6-8,10-11,19H,4-5H2,1-3H3,(H,18,20). The van der Waals surface area contributed by atoms with Crippen LogP contribution in [-0.2, 0) is 4.79 Å². The van der Waals surface area contributed by atoms with Gasteiger partial charge in [-0.05, 0) is 38.5 Å². The fraction of sp³-hybridized carbons (Fsp3) is 0.467. The fourth-order valence-electron chi connectivity index (χ4n) is 1.88. The molecule has 0 heterocycles. The highest BCUT2D eigenvalue weighted by molar-refractivity contribution is 6.33. The molecule has 0 saturated carbocycles. The minimum absolute atomic E-state index is 0.0793. The second kappa shape index (κ2) is 7.76. The van der Waals surface area contributed by atoms with Crippen LogP contribution in [0, 0.1) is 11.3 Å². The molecule has 5 heteroatoms. The molecule has 0 radical (unpaired) electrons. The van der Waals surface area contributed by atoms with Crippen molar-refractivity contribution in [3.8, 4) is 6.07 Å². The monoisotopic (exact) mass is 293 g/mol. The Labute approximate surface area is 125 Å². The first-order valence-corrected chi connectivity index (χ1v) is 7.12. The van der Waals surface area contributed by atoms with E-state index in [0.29, 0.717) is 16.3 Å². The number of carbonyl (C=O) groups is 1. The second-order valence-corrected chi connectivity index (χ2v) is 5.28. The van der Waals surface area contributed by atoms with Gasteiger partial charge in [0.1, 0.15) is 6.04 Å². The van der Waals surface area contributed by atoms with E-state index in [0.717, 1.165) is 12.8 Å². The molecular formula is C15H20ClN3O. The fourth-order valence-corrected chi connectivity index (χ4v) is 2.05. The van der Waals surface area contributed by atoms with Gasteiger partial charge in [0.15, 0.2) is 0 Å². The molecule has 0 aliphatic rings. The third kappa shape index (κ3) is 4.75. The Morgan fingerprint density at radius 1 is 1.45 bits per heavy atom. The van der Waals surface area contributed by atoms with E-state index < -0.39 is 6.04 Å². The van der Waals surface area contributed by atoms with Crippen LogP contribution in [0.3, 0.4) is 0 Å². The number of nitrogens with zero attached hydrogens (tertiary/aromatic N) is 1. The largest absolute Gasteiger partial charge is 0.373 e. The number of carbonyl (C=O) groups excluding carboxylic acids is 1. The van der Waals surface area contributed by atoms with Crippen LogP contribution >= 0.6 is 11.6 Å². The van der Waals surface area contributed by atoms with E-state index >= 15 is 0 Å². The topological polar surface area (TPSA) is 64.9 Å². The van der Waals surface area contributed by atoms with Gasteiger partial charge in [0.25, 0.3) is 0 Å². The Balaban J connectivity index is 2.68. The van der Waals surface area contributed by atoms with Crippen LogP contribution < -0.4 is 10.6 Å². The van der Waals surface area contributed by atoms with Crippen molar-refractivity contribution in [1.82, 2.24) is 5.32 Å². The van der Waals surface area contributed by atoms with Crippen LogP contribution in [-0.4, -0.2) is 18.0 Å². The highest BCUT2D eigenvalue weighted by Gasteiger charge is 2.16. The number of benzene rings is 1. The lowest BCUT2D eigenvalue weighted by Gasteiger charge is -2.19. The van der Waals surface area contributed by atoms with Crippen molar-refractivity contribution in [3.05, 3.63) is 28.8 Å². The summed E-state index contributed by atoms with van der Waals surface area (Å²) in [4.78, 5) is 12.0. The number of anilines is 1. The highest BCUT2D eigenvalue weighted by atomic mass is 35.5. The third-order valence-corrected chi connectivity index (χ3v) is 3.30. The Hall–Kier alpha value is -1.73. The molecule has 0 bridgehead atoms. The number of hydrogen-bond donors (Lipinski definition) is 2. The molecule has 20 heavy (non-hydrogen) atoms. The van der Waals surface area contributed by atoms with Crippen molar-refractivity contribution < 1.29 is 4.79 Å². The normalized spacial score (nSPS) is 13.2. The SMILES string of the molecule is CCCC(C)NC(=O)C(C)Nc1cc(C#N)ccc1Cl. The van der Waals surface area contributed by atoms with Gasteiger partial charge in [-0.3, -0.25) is 4.79 Å². The molecule has 0 fully saturated rings. The summed E-state index contributed by atoms with van der Waals surface area (Å²) >= 11 is 6.05. The molecule has 0 saturated heterocycles. The minimum atomic E-state index is -0.416. The summed E-state index contributed by atoms with van der Waals surface area (Å²) in [7, 11) is 0. The Kier molecular flexibility index (Phi) is 6.33. The van der Waals surface area contributed by atoms with Crippen molar-refractivity contribution in [2.24, 2.45) is 0 Å². The summed E-state index contributed by atoms with van der Waals surface area (Å²) < 4.78 is 0. The molecule has 0 aliphatic heterocycles. The van der Waals surface area contributed by atoms with E-state index in [1.165, 1.54) is 0 Å². The third-order valence-electron chi connectivity index (χ3n) is 2.97. The van der Waals surface area contributed by atoms with E-state index in [4.69, 9.17) is 16.9 Å². The summed E-state index contributed by atoms with van der Waals surface area (Å²) in [5.74, 6) is -0.0793. The van der Waals surface area contributed by atoms with E-state index in [-0.39, 0.29) is 11.9 Å². The van der Waals surface area contributed by atoms with Crippen molar-refractivity contribution in [1.29, 1.82) is 5.26 Å². The number of halogens is 1. The predicted octanol–water partition coefficient (Wildman–Crippen LogP) is 3.32. The van der Waals surface area contributed by atoms with E-state index in [1.807, 2.05) is 13.0 Å². The van der Waals surface area contributed by atoms with Crippen molar-refractivity contribution in [3.63, 3.8) is 0 Å². The van der Waals surface area contributed by atoms with E-state index in [9.17, 15) is 4.79 Å². The lowest BCUT2D eigenvalue weighted by molar-refractivity contribution is -0.122. The Bertz CT molecular complexity index is 510. The average Bonchev–Trinajstić information content (AvgIpc) is 2.41. The summed E-state index contributed by atoms with van der Waals surface area (Å²) in [6.45, 7) is 5.83. The zero-order valence-corrected chi connectivity index (χ0v) is 12.8. The van der Waals surface area contributed by atoms with Gasteiger partial charge in [-0.2, -0.15) is 5.26 Å². The van der Waals surface area contributed by atoms with Crippen molar-refractivity contribution >= 4 is 23.2 Å². The second-order valence-electron chi connectivity index (χ2n) is 4.87. The highest BCUT2D eigenvalue weighted by Crippen LogP contribution is 2.23. The summed E-state index contributed by atoms with van der Waals surface area (Å²) in [6.07, 6.45) is 1.97. The molecule has 2 N–H and O–H groups in total. The van der Waals surface area contributed by atoms with E-state index in [2.05, 4.69) is 17.6 Å². The zero-order chi connectivity index (χ0) is 15.1. The molecule has 1 aromatic rings. The lowest BCUT2D eigenvalue weighted by Crippen LogP contribution is -2.42. The van der Waals surface area contributed by atoms with Crippen molar-refractivity contribution in [2.45, 2.75) is 45.7 Å². The van der Waals surface area contributed by atoms with Gasteiger partial charge in [0.05, 0.1) is 22.3 Å². The summed E-state index contributed by atoms with van der Waals surface area (Å²) in [5.41, 5.74) is 1.10. The van der Waals surface area contributed by atoms with Gasteiger partial charge in [0, 0.05) is 6.04 Å². The van der Waals surface area contributed by atoms with Gasteiger partial charge >= 0.3 is 0 Å². The number of nitrogens with one attached hydrogen (secondary N) is 2. The number of amides is 1. The molecule has 1 rings (SSSR count). The molecule has 0 aliphatic carbocycles. The summed E-state index contributed by atoms with van der Waals surface area (Å²) in [5, 5.41) is 15.3. The minimum Gasteiger partial charge on any atom is -0.373 e. The van der Waals surface area contributed by atoms with Gasteiger partial charge in [-0.15, -0.1) is 0 Å². The zero-order valence-electron chi connectivity index (χ0n) is 12.0. The Morgan fingerprint density at radius 2 is 2.15 bits per heavy atom. The maximum absolute atomic E-state index is 12.0. The summed E-state index contributed by atoms with van der Waals surface area (Å²) in [6, 6.07) is 6.71. The van der Waals surface area contributed by atoms with E-state index in [1.54, 1.807) is 25.1 Å². The van der Waals surface area contributed by atoms with Crippen LogP contribution in [0.25, 0.3) is 0 Å². The molecule has 0 aromatic heterocycles. The van der Waals surface area contributed by atoms with Crippen LogP contribution in [0.2, 0.25) is 5.02 Å². The molecule has 2 atom stereocenters. The van der Waals surface area contributed by atoms with Crippen LogP contribution in [0.4, 0.5) is 5.69 Å². The lowest BCUT2D eigenvalue weighted by atomic mass is 10.1. The maximum Gasteiger partial charge on any atom is 0.242 e. The molecule has 2 unspecified atom stereocenters. The quantitative estimate of drug-likeness (QED) is 0.845. The first-order valence-electron chi connectivity index (χ1n) is 6.74. The molecule has 108 valence electrons. The number of rotatable bonds is 6. The maximum atomic E-state index is 12.0. The number of hydrogen-bond acceptors (Lipinski definition) is 3. The first kappa shape index (κ1) is 16.3. The predicted molar refractivity (Wildman–Crippen MR) is 81.8 cm³/mol. The molecule has 1 aromatic carbocycles.